The average molecular weight is 358 g/mol. The number of likely N-dealkylation sites (tertiary alicyclic amines) is 1. The lowest BCUT2D eigenvalue weighted by molar-refractivity contribution is 0.0573. The van der Waals surface area contributed by atoms with Crippen LogP contribution in [0.4, 0.5) is 6.01 Å². The van der Waals surface area contributed by atoms with Crippen molar-refractivity contribution in [2.24, 2.45) is 5.92 Å². The van der Waals surface area contributed by atoms with Crippen LogP contribution in [0.15, 0.2) is 15.4 Å². The number of nitrogens with one attached hydrogen (secondary N) is 1. The second kappa shape index (κ2) is 6.54. The summed E-state index contributed by atoms with van der Waals surface area (Å²) in [5, 5.41) is 7.97. The van der Waals surface area contributed by atoms with Gasteiger partial charge in [0.15, 0.2) is 0 Å². The molecule has 2 aliphatic heterocycles. The van der Waals surface area contributed by atoms with Crippen molar-refractivity contribution < 1.29 is 9.21 Å². The van der Waals surface area contributed by atoms with Crippen molar-refractivity contribution in [3.05, 3.63) is 33.8 Å². The van der Waals surface area contributed by atoms with Gasteiger partial charge in [0.1, 0.15) is 11.4 Å². The van der Waals surface area contributed by atoms with Gasteiger partial charge in [0.2, 0.25) is 5.89 Å². The van der Waals surface area contributed by atoms with Gasteiger partial charge in [-0.2, -0.15) is 0 Å². The van der Waals surface area contributed by atoms with Crippen molar-refractivity contribution in [3.63, 3.8) is 0 Å². The third-order valence-electron chi connectivity index (χ3n) is 5.24. The molecule has 0 bridgehead atoms. The molecule has 2 fully saturated rings. The van der Waals surface area contributed by atoms with Gasteiger partial charge in [-0.25, -0.2) is 4.98 Å². The largest absolute Gasteiger partial charge is 0.408 e. The van der Waals surface area contributed by atoms with Crippen LogP contribution in [0, 0.1) is 12.8 Å². The van der Waals surface area contributed by atoms with E-state index in [9.17, 15) is 9.59 Å². The van der Waals surface area contributed by atoms with E-state index in [1.165, 1.54) is 6.20 Å². The Bertz CT molecular complexity index is 875. The van der Waals surface area contributed by atoms with Gasteiger partial charge >= 0.3 is 6.01 Å². The maximum Gasteiger partial charge on any atom is 0.318 e. The highest BCUT2D eigenvalue weighted by molar-refractivity contribution is 5.94. The summed E-state index contributed by atoms with van der Waals surface area (Å²) in [7, 11) is 0. The molecule has 1 N–H and O–H groups in total. The Kier molecular flexibility index (Phi) is 4.21. The molecule has 4 rings (SSSR count). The first-order valence-electron chi connectivity index (χ1n) is 9.01. The van der Waals surface area contributed by atoms with Gasteiger partial charge in [0, 0.05) is 39.2 Å². The molecule has 9 nitrogen and oxygen atoms in total. The Labute approximate surface area is 150 Å². The van der Waals surface area contributed by atoms with Crippen LogP contribution in [0.5, 0.6) is 0 Å². The van der Waals surface area contributed by atoms with E-state index in [4.69, 9.17) is 4.42 Å². The van der Waals surface area contributed by atoms with Crippen LogP contribution in [-0.2, 0) is 6.42 Å². The van der Waals surface area contributed by atoms with E-state index in [1.54, 1.807) is 6.92 Å². The molecule has 0 aliphatic carbocycles. The standard InChI is InChI=1S/C17H22N6O3/c1-3-14-18-7-12(15(24)19-14)16(25)23-6-4-5-11-8-22(9-13(11)23)17-21-20-10(2)26-17/h7,11,13H,3-6,8-9H2,1-2H3,(H,18,19,24)/t11-,13+/m0/s1. The quantitative estimate of drug-likeness (QED) is 0.863. The fourth-order valence-electron chi connectivity index (χ4n) is 3.92. The van der Waals surface area contributed by atoms with E-state index in [0.717, 1.165) is 19.4 Å². The lowest BCUT2D eigenvalue weighted by Gasteiger charge is -2.36. The van der Waals surface area contributed by atoms with E-state index in [1.807, 2.05) is 16.7 Å². The number of nitrogens with zero attached hydrogens (tertiary/aromatic N) is 5. The van der Waals surface area contributed by atoms with Gasteiger partial charge in [0.25, 0.3) is 11.5 Å². The summed E-state index contributed by atoms with van der Waals surface area (Å²) in [5.41, 5.74) is -0.263. The minimum Gasteiger partial charge on any atom is -0.408 e. The van der Waals surface area contributed by atoms with E-state index in [0.29, 0.717) is 43.2 Å². The van der Waals surface area contributed by atoms with Crippen LogP contribution in [-0.4, -0.2) is 56.6 Å². The summed E-state index contributed by atoms with van der Waals surface area (Å²) >= 11 is 0. The smallest absolute Gasteiger partial charge is 0.318 e. The van der Waals surface area contributed by atoms with Crippen LogP contribution < -0.4 is 10.5 Å². The maximum absolute atomic E-state index is 13.0. The molecular formula is C17H22N6O3. The normalized spacial score (nSPS) is 22.5. The van der Waals surface area contributed by atoms with Crippen LogP contribution in [0.1, 0.15) is 41.8 Å². The molecule has 26 heavy (non-hydrogen) atoms. The molecular weight excluding hydrogens is 336 g/mol. The molecule has 4 heterocycles. The number of carbonyl (C=O) groups excluding carboxylic acids is 1. The fourth-order valence-corrected chi connectivity index (χ4v) is 3.92. The monoisotopic (exact) mass is 358 g/mol. The fraction of sp³-hybridized carbons (Fsp3) is 0.588. The molecule has 0 saturated carbocycles. The summed E-state index contributed by atoms with van der Waals surface area (Å²) in [6.45, 7) is 5.72. The number of aromatic amines is 1. The molecule has 2 aliphatic rings. The highest BCUT2D eigenvalue weighted by atomic mass is 16.4. The average Bonchev–Trinajstić information content (AvgIpc) is 3.26. The second-order valence-electron chi connectivity index (χ2n) is 6.90. The van der Waals surface area contributed by atoms with Gasteiger partial charge in [-0.15, -0.1) is 5.10 Å². The Balaban J connectivity index is 1.57. The Morgan fingerprint density at radius 2 is 2.23 bits per heavy atom. The number of amides is 1. The van der Waals surface area contributed by atoms with Crippen LogP contribution in [0.2, 0.25) is 0 Å². The zero-order valence-electron chi connectivity index (χ0n) is 14.9. The molecule has 0 radical (unpaired) electrons. The van der Waals surface area contributed by atoms with E-state index < -0.39 is 0 Å². The first-order chi connectivity index (χ1) is 12.6. The Hall–Kier alpha value is -2.71. The predicted molar refractivity (Wildman–Crippen MR) is 93.0 cm³/mol. The number of carbonyl (C=O) groups is 1. The zero-order valence-corrected chi connectivity index (χ0v) is 14.9. The second-order valence-corrected chi connectivity index (χ2v) is 6.90. The van der Waals surface area contributed by atoms with Crippen molar-refractivity contribution in [2.75, 3.05) is 24.5 Å². The molecule has 2 aromatic rings. The SMILES string of the molecule is CCc1ncc(C(=O)N2CCC[C@H]3CN(c4nnc(C)o4)C[C@H]32)c(=O)[nH]1. The molecule has 138 valence electrons. The molecule has 1 amide bonds. The zero-order chi connectivity index (χ0) is 18.3. The van der Waals surface area contributed by atoms with Crippen LogP contribution >= 0.6 is 0 Å². The molecule has 2 saturated heterocycles. The number of rotatable bonds is 3. The minimum absolute atomic E-state index is 0.0358. The van der Waals surface area contributed by atoms with Crippen molar-refractivity contribution in [1.29, 1.82) is 0 Å². The van der Waals surface area contributed by atoms with Crippen molar-refractivity contribution in [3.8, 4) is 0 Å². The van der Waals surface area contributed by atoms with E-state index in [-0.39, 0.29) is 23.1 Å². The minimum atomic E-state index is -0.369. The first-order valence-corrected chi connectivity index (χ1v) is 9.01. The molecule has 0 unspecified atom stereocenters. The van der Waals surface area contributed by atoms with Crippen LogP contribution in [0.3, 0.4) is 0 Å². The first kappa shape index (κ1) is 16.7. The number of piperidine rings is 1. The third kappa shape index (κ3) is 2.87. The number of H-pyrrole nitrogens is 1. The molecule has 2 aromatic heterocycles. The van der Waals surface area contributed by atoms with Crippen molar-refractivity contribution in [1.82, 2.24) is 25.1 Å². The summed E-state index contributed by atoms with van der Waals surface area (Å²) < 4.78 is 5.53. The maximum atomic E-state index is 13.0. The lowest BCUT2D eigenvalue weighted by atomic mass is 9.91. The molecule has 2 atom stereocenters. The summed E-state index contributed by atoms with van der Waals surface area (Å²) in [5.74, 6) is 1.19. The van der Waals surface area contributed by atoms with Gasteiger partial charge < -0.3 is 19.2 Å². The summed E-state index contributed by atoms with van der Waals surface area (Å²) in [4.78, 5) is 36.0. The van der Waals surface area contributed by atoms with E-state index >= 15 is 0 Å². The molecule has 0 spiro atoms. The molecule has 0 aromatic carbocycles. The Morgan fingerprint density at radius 3 is 2.92 bits per heavy atom. The van der Waals surface area contributed by atoms with Crippen molar-refractivity contribution >= 4 is 11.9 Å². The van der Waals surface area contributed by atoms with Gasteiger partial charge in [-0.05, 0) is 18.8 Å². The van der Waals surface area contributed by atoms with Gasteiger partial charge in [0.05, 0.1) is 6.04 Å². The van der Waals surface area contributed by atoms with Gasteiger partial charge in [-0.1, -0.05) is 12.0 Å². The summed E-state index contributed by atoms with van der Waals surface area (Å²) in [6, 6.07) is 0.532. The van der Waals surface area contributed by atoms with Gasteiger partial charge in [-0.3, -0.25) is 9.59 Å². The molecule has 9 heteroatoms. The predicted octanol–water partition coefficient (Wildman–Crippen LogP) is 0.765. The topological polar surface area (TPSA) is 108 Å². The summed E-state index contributed by atoms with van der Waals surface area (Å²) in [6.07, 6.45) is 3.98. The lowest BCUT2D eigenvalue weighted by Crippen LogP contribution is -2.49. The third-order valence-corrected chi connectivity index (χ3v) is 5.24. The number of fused-ring (bicyclic) bond motifs is 1. The highest BCUT2D eigenvalue weighted by Crippen LogP contribution is 2.33. The number of anilines is 1. The van der Waals surface area contributed by atoms with Crippen LogP contribution in [0.25, 0.3) is 0 Å². The van der Waals surface area contributed by atoms with Crippen molar-refractivity contribution in [2.45, 2.75) is 39.2 Å². The number of hydrogen-bond acceptors (Lipinski definition) is 7. The van der Waals surface area contributed by atoms with E-state index in [2.05, 4.69) is 20.2 Å². The number of aromatic nitrogens is 4. The number of hydrogen-bond donors (Lipinski definition) is 1. The Morgan fingerprint density at radius 1 is 1.38 bits per heavy atom. The highest BCUT2D eigenvalue weighted by Gasteiger charge is 2.43. The number of aryl methyl sites for hydroxylation is 2.